The SMILES string of the molecule is CC(C)CCCOCc1ccccc1CCNC(C)C. The van der Waals surface area contributed by atoms with Crippen LogP contribution >= 0.6 is 0 Å². The van der Waals surface area contributed by atoms with Gasteiger partial charge in [0, 0.05) is 12.6 Å². The number of nitrogens with one attached hydrogen (secondary N) is 1. The van der Waals surface area contributed by atoms with Crippen molar-refractivity contribution >= 4 is 0 Å². The van der Waals surface area contributed by atoms with Gasteiger partial charge in [0.25, 0.3) is 0 Å². The van der Waals surface area contributed by atoms with Crippen LogP contribution in [0.15, 0.2) is 24.3 Å². The van der Waals surface area contributed by atoms with Gasteiger partial charge >= 0.3 is 0 Å². The fourth-order valence-corrected chi connectivity index (χ4v) is 2.21. The molecule has 0 bridgehead atoms. The second kappa shape index (κ2) is 9.95. The van der Waals surface area contributed by atoms with Crippen LogP contribution in [0.25, 0.3) is 0 Å². The van der Waals surface area contributed by atoms with E-state index in [1.54, 1.807) is 0 Å². The second-order valence-electron chi connectivity index (χ2n) is 6.22. The average molecular weight is 277 g/mol. The van der Waals surface area contributed by atoms with Crippen LogP contribution in [0.3, 0.4) is 0 Å². The molecule has 0 aliphatic carbocycles. The Morgan fingerprint density at radius 2 is 1.75 bits per heavy atom. The topological polar surface area (TPSA) is 21.3 Å². The maximum Gasteiger partial charge on any atom is 0.0719 e. The number of hydrogen-bond acceptors (Lipinski definition) is 2. The van der Waals surface area contributed by atoms with Crippen molar-refractivity contribution in [1.82, 2.24) is 5.32 Å². The molecule has 0 fully saturated rings. The molecule has 0 aliphatic heterocycles. The van der Waals surface area contributed by atoms with Crippen LogP contribution in [0.5, 0.6) is 0 Å². The summed E-state index contributed by atoms with van der Waals surface area (Å²) >= 11 is 0. The zero-order chi connectivity index (χ0) is 14.8. The number of ether oxygens (including phenoxy) is 1. The van der Waals surface area contributed by atoms with Gasteiger partial charge in [0.1, 0.15) is 0 Å². The maximum atomic E-state index is 5.82. The van der Waals surface area contributed by atoms with Crippen LogP contribution in [0.1, 0.15) is 51.7 Å². The lowest BCUT2D eigenvalue weighted by Crippen LogP contribution is -2.25. The van der Waals surface area contributed by atoms with Crippen molar-refractivity contribution in [1.29, 1.82) is 0 Å². The van der Waals surface area contributed by atoms with E-state index in [0.29, 0.717) is 6.04 Å². The summed E-state index contributed by atoms with van der Waals surface area (Å²) in [6.45, 7) is 11.5. The largest absolute Gasteiger partial charge is 0.377 e. The smallest absolute Gasteiger partial charge is 0.0719 e. The molecule has 0 aliphatic rings. The fourth-order valence-electron chi connectivity index (χ4n) is 2.21. The van der Waals surface area contributed by atoms with Crippen LogP contribution in [0, 0.1) is 5.92 Å². The predicted octanol–water partition coefficient (Wildman–Crippen LogP) is 4.18. The summed E-state index contributed by atoms with van der Waals surface area (Å²) in [6, 6.07) is 9.18. The molecular weight excluding hydrogens is 246 g/mol. The van der Waals surface area contributed by atoms with Crippen molar-refractivity contribution in [2.75, 3.05) is 13.2 Å². The molecule has 114 valence electrons. The molecule has 0 saturated carbocycles. The van der Waals surface area contributed by atoms with Crippen molar-refractivity contribution < 1.29 is 4.74 Å². The van der Waals surface area contributed by atoms with Crippen LogP contribution < -0.4 is 5.32 Å². The van der Waals surface area contributed by atoms with Crippen LogP contribution in [-0.2, 0) is 17.8 Å². The minimum absolute atomic E-state index is 0.550. The molecule has 0 unspecified atom stereocenters. The molecule has 1 N–H and O–H groups in total. The highest BCUT2D eigenvalue weighted by Gasteiger charge is 2.03. The van der Waals surface area contributed by atoms with E-state index in [1.807, 2.05) is 0 Å². The van der Waals surface area contributed by atoms with Gasteiger partial charge < -0.3 is 10.1 Å². The van der Waals surface area contributed by atoms with Gasteiger partial charge in [-0.05, 0) is 42.9 Å². The third kappa shape index (κ3) is 7.66. The molecular formula is C18H31NO. The first-order valence-corrected chi connectivity index (χ1v) is 7.97. The number of rotatable bonds is 10. The van der Waals surface area contributed by atoms with Gasteiger partial charge in [-0.2, -0.15) is 0 Å². The predicted molar refractivity (Wildman–Crippen MR) is 87.0 cm³/mol. The number of benzene rings is 1. The standard InChI is InChI=1S/C18H31NO/c1-15(2)8-7-13-20-14-18-10-6-5-9-17(18)11-12-19-16(3)4/h5-6,9-10,15-16,19H,7-8,11-14H2,1-4H3. The van der Waals surface area contributed by atoms with Crippen LogP contribution in [-0.4, -0.2) is 19.2 Å². The molecule has 20 heavy (non-hydrogen) atoms. The lowest BCUT2D eigenvalue weighted by Gasteiger charge is -2.12. The Kier molecular flexibility index (Phi) is 8.56. The third-order valence-electron chi connectivity index (χ3n) is 3.39. The summed E-state index contributed by atoms with van der Waals surface area (Å²) in [5, 5.41) is 3.47. The quantitative estimate of drug-likeness (QED) is 0.648. The Morgan fingerprint density at radius 1 is 1.05 bits per heavy atom. The Hall–Kier alpha value is -0.860. The molecule has 1 rings (SSSR count). The Bertz CT molecular complexity index is 360. The summed E-state index contributed by atoms with van der Waals surface area (Å²) in [7, 11) is 0. The van der Waals surface area contributed by atoms with E-state index in [4.69, 9.17) is 4.74 Å². The lowest BCUT2D eigenvalue weighted by atomic mass is 10.1. The Morgan fingerprint density at radius 3 is 2.40 bits per heavy atom. The van der Waals surface area contributed by atoms with E-state index in [0.717, 1.165) is 38.5 Å². The highest BCUT2D eigenvalue weighted by Crippen LogP contribution is 2.11. The summed E-state index contributed by atoms with van der Waals surface area (Å²) in [6.07, 6.45) is 3.48. The third-order valence-corrected chi connectivity index (χ3v) is 3.39. The molecule has 0 spiro atoms. The Balaban J connectivity index is 2.33. The minimum atomic E-state index is 0.550. The molecule has 0 aromatic heterocycles. The van der Waals surface area contributed by atoms with Crippen molar-refractivity contribution in [3.8, 4) is 0 Å². The minimum Gasteiger partial charge on any atom is -0.377 e. The molecule has 0 amide bonds. The molecule has 2 nitrogen and oxygen atoms in total. The highest BCUT2D eigenvalue weighted by molar-refractivity contribution is 5.26. The van der Waals surface area contributed by atoms with E-state index in [2.05, 4.69) is 57.3 Å². The summed E-state index contributed by atoms with van der Waals surface area (Å²) in [5.74, 6) is 0.771. The normalized spacial score (nSPS) is 11.5. The maximum absolute atomic E-state index is 5.82. The van der Waals surface area contributed by atoms with E-state index >= 15 is 0 Å². The molecule has 1 aromatic rings. The van der Waals surface area contributed by atoms with Crippen LogP contribution in [0.4, 0.5) is 0 Å². The molecule has 0 atom stereocenters. The van der Waals surface area contributed by atoms with Crippen molar-refractivity contribution in [2.24, 2.45) is 5.92 Å². The van der Waals surface area contributed by atoms with E-state index in [1.165, 1.54) is 17.5 Å². The van der Waals surface area contributed by atoms with Gasteiger partial charge in [0.2, 0.25) is 0 Å². The summed E-state index contributed by atoms with van der Waals surface area (Å²) in [5.41, 5.74) is 2.74. The van der Waals surface area contributed by atoms with Gasteiger partial charge in [-0.15, -0.1) is 0 Å². The van der Waals surface area contributed by atoms with Crippen molar-refractivity contribution in [3.63, 3.8) is 0 Å². The van der Waals surface area contributed by atoms with Gasteiger partial charge in [-0.1, -0.05) is 52.0 Å². The second-order valence-corrected chi connectivity index (χ2v) is 6.22. The molecule has 0 radical (unpaired) electrons. The van der Waals surface area contributed by atoms with E-state index < -0.39 is 0 Å². The first-order chi connectivity index (χ1) is 9.59. The Labute approximate surface area is 124 Å². The molecule has 2 heteroatoms. The van der Waals surface area contributed by atoms with Gasteiger partial charge in [0.15, 0.2) is 0 Å². The fraction of sp³-hybridized carbons (Fsp3) is 0.667. The first kappa shape index (κ1) is 17.2. The summed E-state index contributed by atoms with van der Waals surface area (Å²) in [4.78, 5) is 0. The number of hydrogen-bond donors (Lipinski definition) is 1. The lowest BCUT2D eigenvalue weighted by molar-refractivity contribution is 0.114. The van der Waals surface area contributed by atoms with Gasteiger partial charge in [-0.3, -0.25) is 0 Å². The highest BCUT2D eigenvalue weighted by atomic mass is 16.5. The zero-order valence-electron chi connectivity index (χ0n) is 13.6. The van der Waals surface area contributed by atoms with E-state index in [-0.39, 0.29) is 0 Å². The van der Waals surface area contributed by atoms with Crippen molar-refractivity contribution in [3.05, 3.63) is 35.4 Å². The molecule has 0 saturated heterocycles. The zero-order valence-corrected chi connectivity index (χ0v) is 13.6. The van der Waals surface area contributed by atoms with Crippen molar-refractivity contribution in [2.45, 2.75) is 59.6 Å². The van der Waals surface area contributed by atoms with E-state index in [9.17, 15) is 0 Å². The summed E-state index contributed by atoms with van der Waals surface area (Å²) < 4.78 is 5.82. The average Bonchev–Trinajstić information content (AvgIpc) is 2.39. The first-order valence-electron chi connectivity index (χ1n) is 7.97. The van der Waals surface area contributed by atoms with Crippen LogP contribution in [0.2, 0.25) is 0 Å². The van der Waals surface area contributed by atoms with Gasteiger partial charge in [0.05, 0.1) is 6.61 Å². The van der Waals surface area contributed by atoms with Gasteiger partial charge in [-0.25, -0.2) is 0 Å². The monoisotopic (exact) mass is 277 g/mol. The molecule has 0 heterocycles. The molecule has 1 aromatic carbocycles.